The smallest absolute Gasteiger partial charge is 0.128 e. The molecule has 0 spiro atoms. The van der Waals surface area contributed by atoms with Crippen LogP contribution in [0.4, 0.5) is 4.39 Å². The lowest BCUT2D eigenvalue weighted by Crippen LogP contribution is -2.88. The van der Waals surface area contributed by atoms with Gasteiger partial charge in [-0.1, -0.05) is 18.2 Å². The molecule has 1 atom stereocenters. The lowest BCUT2D eigenvalue weighted by Gasteiger charge is -2.10. The number of rotatable bonds is 7. The van der Waals surface area contributed by atoms with Crippen LogP contribution in [0.3, 0.4) is 0 Å². The normalized spacial score (nSPS) is 17.1. The van der Waals surface area contributed by atoms with Crippen molar-refractivity contribution in [1.82, 2.24) is 0 Å². The number of nitrogens with two attached hydrogens (primary N) is 1. The van der Waals surface area contributed by atoms with Gasteiger partial charge in [-0.3, -0.25) is 0 Å². The Kier molecular flexibility index (Phi) is 4.48. The molecule has 0 radical (unpaired) electrons. The Morgan fingerprint density at radius 3 is 2.88 bits per heavy atom. The summed E-state index contributed by atoms with van der Waals surface area (Å²) in [7, 11) is 0. The zero-order chi connectivity index (χ0) is 12.1. The Bertz CT molecular complexity index is 355. The van der Waals surface area contributed by atoms with E-state index in [2.05, 4.69) is 5.32 Å². The van der Waals surface area contributed by atoms with Crippen molar-refractivity contribution < 1.29 is 19.6 Å². The van der Waals surface area contributed by atoms with Crippen molar-refractivity contribution in [1.29, 1.82) is 0 Å². The van der Waals surface area contributed by atoms with Crippen LogP contribution >= 0.6 is 0 Å². The summed E-state index contributed by atoms with van der Waals surface area (Å²) in [6.45, 7) is 1.15. The number of hydrogen-bond acceptors (Lipinski definition) is 2. The quantitative estimate of drug-likeness (QED) is 0.726. The molecular weight excluding hydrogens is 221 g/mol. The molecule has 1 aromatic rings. The molecule has 1 fully saturated rings. The molecule has 3 N–H and O–H groups in total. The molecule has 1 aliphatic carbocycles. The van der Waals surface area contributed by atoms with Crippen molar-refractivity contribution in [3.8, 4) is 0 Å². The van der Waals surface area contributed by atoms with E-state index in [1.54, 1.807) is 18.2 Å². The Morgan fingerprint density at radius 2 is 2.18 bits per heavy atom. The maximum atomic E-state index is 13.2. The molecule has 0 saturated heterocycles. The zero-order valence-corrected chi connectivity index (χ0v) is 9.81. The van der Waals surface area contributed by atoms with Crippen molar-refractivity contribution >= 4 is 0 Å². The molecule has 2 rings (SSSR count). The summed E-state index contributed by atoms with van der Waals surface area (Å²) < 4.78 is 18.5. The Balaban J connectivity index is 1.62. The molecule has 1 aromatic carbocycles. The van der Waals surface area contributed by atoms with Gasteiger partial charge in [-0.15, -0.1) is 0 Å². The molecule has 4 heteroatoms. The van der Waals surface area contributed by atoms with Crippen molar-refractivity contribution in [2.24, 2.45) is 0 Å². The number of benzene rings is 1. The van der Waals surface area contributed by atoms with Gasteiger partial charge in [0.25, 0.3) is 0 Å². The summed E-state index contributed by atoms with van der Waals surface area (Å²) in [6.07, 6.45) is 2.04. The van der Waals surface area contributed by atoms with E-state index in [1.165, 1.54) is 18.9 Å². The molecule has 0 amide bonds. The number of ether oxygens (including phenoxy) is 1. The minimum atomic E-state index is -0.470. The monoisotopic (exact) mass is 240 g/mol. The Hall–Kier alpha value is -0.970. The molecule has 0 aliphatic heterocycles. The Morgan fingerprint density at radius 1 is 1.41 bits per heavy atom. The van der Waals surface area contributed by atoms with E-state index in [4.69, 9.17) is 4.74 Å². The number of aliphatic hydroxyl groups excluding tert-OH is 1. The summed E-state index contributed by atoms with van der Waals surface area (Å²) >= 11 is 0. The third-order valence-corrected chi connectivity index (χ3v) is 2.89. The van der Waals surface area contributed by atoms with Gasteiger partial charge in [-0.05, 0) is 6.07 Å². The summed E-state index contributed by atoms with van der Waals surface area (Å²) in [4.78, 5) is 0. The molecule has 1 aliphatic rings. The van der Waals surface area contributed by atoms with Crippen LogP contribution in [-0.4, -0.2) is 30.4 Å². The molecule has 0 unspecified atom stereocenters. The zero-order valence-electron chi connectivity index (χ0n) is 9.81. The van der Waals surface area contributed by atoms with Crippen LogP contribution in [0.1, 0.15) is 18.4 Å². The van der Waals surface area contributed by atoms with Crippen LogP contribution in [0, 0.1) is 5.82 Å². The number of quaternary nitrogens is 1. The summed E-state index contributed by atoms with van der Waals surface area (Å²) in [5, 5.41) is 11.8. The summed E-state index contributed by atoms with van der Waals surface area (Å²) in [6, 6.07) is 7.24. The first-order valence-corrected chi connectivity index (χ1v) is 6.08. The van der Waals surface area contributed by atoms with Gasteiger partial charge in [0.1, 0.15) is 18.5 Å². The molecule has 1 saturated carbocycles. The van der Waals surface area contributed by atoms with E-state index < -0.39 is 6.10 Å². The third kappa shape index (κ3) is 4.42. The van der Waals surface area contributed by atoms with Crippen LogP contribution in [0.25, 0.3) is 0 Å². The van der Waals surface area contributed by atoms with Crippen LogP contribution in [0.5, 0.6) is 0 Å². The summed E-state index contributed by atoms with van der Waals surface area (Å²) in [5.41, 5.74) is 0.533. The average molecular weight is 240 g/mol. The van der Waals surface area contributed by atoms with Gasteiger partial charge < -0.3 is 15.2 Å². The second-order valence-corrected chi connectivity index (χ2v) is 4.57. The first-order valence-electron chi connectivity index (χ1n) is 6.08. The largest absolute Gasteiger partial charge is 0.385 e. The van der Waals surface area contributed by atoms with E-state index >= 15 is 0 Å². The molecule has 94 valence electrons. The first kappa shape index (κ1) is 12.5. The maximum Gasteiger partial charge on any atom is 0.128 e. The fraction of sp³-hybridized carbons (Fsp3) is 0.538. The van der Waals surface area contributed by atoms with Crippen LogP contribution in [0.2, 0.25) is 0 Å². The van der Waals surface area contributed by atoms with Gasteiger partial charge in [0, 0.05) is 18.4 Å². The molecule has 17 heavy (non-hydrogen) atoms. The van der Waals surface area contributed by atoms with Crippen molar-refractivity contribution in [2.75, 3.05) is 13.2 Å². The van der Waals surface area contributed by atoms with Gasteiger partial charge in [-0.25, -0.2) is 4.39 Å². The van der Waals surface area contributed by atoms with Gasteiger partial charge in [0.2, 0.25) is 0 Å². The highest BCUT2D eigenvalue weighted by Crippen LogP contribution is 2.13. The number of halogens is 1. The standard InChI is InChI=1S/C13H18FNO2/c14-13-4-2-1-3-10(13)8-17-9-12(16)7-15-11-5-6-11/h1-4,11-12,15-16H,5-9H2/p+1/t12-/m1/s1. The molecule has 0 heterocycles. The highest BCUT2D eigenvalue weighted by atomic mass is 19.1. The van der Waals surface area contributed by atoms with E-state index in [0.29, 0.717) is 18.2 Å². The second-order valence-electron chi connectivity index (χ2n) is 4.57. The van der Waals surface area contributed by atoms with Crippen molar-refractivity contribution in [2.45, 2.75) is 31.6 Å². The molecule has 0 aromatic heterocycles. The lowest BCUT2D eigenvalue weighted by atomic mass is 10.2. The van der Waals surface area contributed by atoms with Gasteiger partial charge in [0.05, 0.1) is 19.3 Å². The second kappa shape index (κ2) is 6.10. The molecular formula is C13H19FNO2+. The highest BCUT2D eigenvalue weighted by Gasteiger charge is 2.25. The third-order valence-electron chi connectivity index (χ3n) is 2.89. The SMILES string of the molecule is O[C@H](C[NH2+]C1CC1)COCc1ccccc1F. The topological polar surface area (TPSA) is 46.1 Å². The van der Waals surface area contributed by atoms with E-state index in [9.17, 15) is 9.50 Å². The predicted octanol–water partition coefficient (Wildman–Crippen LogP) is 0.429. The Labute approximate surface area is 101 Å². The maximum absolute atomic E-state index is 13.2. The fourth-order valence-corrected chi connectivity index (χ4v) is 1.67. The van der Waals surface area contributed by atoms with Crippen LogP contribution in [0.15, 0.2) is 24.3 Å². The van der Waals surface area contributed by atoms with Crippen LogP contribution < -0.4 is 5.32 Å². The average Bonchev–Trinajstić information content (AvgIpc) is 3.13. The predicted molar refractivity (Wildman–Crippen MR) is 61.9 cm³/mol. The van der Waals surface area contributed by atoms with Gasteiger partial charge in [-0.2, -0.15) is 0 Å². The number of aliphatic hydroxyl groups is 1. The minimum Gasteiger partial charge on any atom is -0.385 e. The lowest BCUT2D eigenvalue weighted by molar-refractivity contribution is -0.674. The van der Waals surface area contributed by atoms with Crippen LogP contribution in [-0.2, 0) is 11.3 Å². The first-order chi connectivity index (χ1) is 8.25. The van der Waals surface area contributed by atoms with E-state index in [1.807, 2.05) is 0 Å². The van der Waals surface area contributed by atoms with Gasteiger partial charge in [0.15, 0.2) is 0 Å². The molecule has 0 bridgehead atoms. The number of hydrogen-bond donors (Lipinski definition) is 2. The highest BCUT2D eigenvalue weighted by molar-refractivity contribution is 5.16. The minimum absolute atomic E-state index is 0.215. The van der Waals surface area contributed by atoms with Crippen molar-refractivity contribution in [3.63, 3.8) is 0 Å². The van der Waals surface area contributed by atoms with Crippen molar-refractivity contribution in [3.05, 3.63) is 35.6 Å². The van der Waals surface area contributed by atoms with E-state index in [0.717, 1.165) is 0 Å². The fourth-order valence-electron chi connectivity index (χ4n) is 1.67. The van der Waals surface area contributed by atoms with Gasteiger partial charge >= 0.3 is 0 Å². The van der Waals surface area contributed by atoms with E-state index in [-0.39, 0.29) is 19.0 Å². The summed E-state index contributed by atoms with van der Waals surface area (Å²) in [5.74, 6) is -0.258. The molecule has 3 nitrogen and oxygen atoms in total.